The van der Waals surface area contributed by atoms with Gasteiger partial charge in [-0.15, -0.1) is 0 Å². The van der Waals surface area contributed by atoms with Crippen LogP contribution >= 0.6 is 0 Å². The standard InChI is InChI=1S/C17H20N4O/c22-17(21-9-8-20-16-12-18-6-7-19-16)11-13-4-5-14-2-1-3-15(14)10-13/h4-7,10,12H,1-3,8-9,11H2,(H,19,20)(H,21,22). The second kappa shape index (κ2) is 7.02. The van der Waals surface area contributed by atoms with Crippen LogP contribution in [0, 0.1) is 0 Å². The molecule has 1 aliphatic carbocycles. The highest BCUT2D eigenvalue weighted by molar-refractivity contribution is 5.78. The van der Waals surface area contributed by atoms with Crippen molar-refractivity contribution in [1.29, 1.82) is 0 Å². The summed E-state index contributed by atoms with van der Waals surface area (Å²) in [5.74, 6) is 0.772. The Morgan fingerprint density at radius 2 is 2.05 bits per heavy atom. The Balaban J connectivity index is 1.41. The first-order valence-electron chi connectivity index (χ1n) is 7.68. The van der Waals surface area contributed by atoms with E-state index in [0.29, 0.717) is 19.5 Å². The van der Waals surface area contributed by atoms with Crippen LogP contribution in [0.4, 0.5) is 5.82 Å². The van der Waals surface area contributed by atoms with E-state index in [0.717, 1.165) is 17.8 Å². The summed E-state index contributed by atoms with van der Waals surface area (Å²) in [5.41, 5.74) is 3.95. The third-order valence-corrected chi connectivity index (χ3v) is 3.84. The Hall–Kier alpha value is -2.43. The highest BCUT2D eigenvalue weighted by atomic mass is 16.1. The summed E-state index contributed by atoms with van der Waals surface area (Å²) in [6.07, 6.45) is 8.92. The van der Waals surface area contributed by atoms with Crippen LogP contribution in [0.5, 0.6) is 0 Å². The topological polar surface area (TPSA) is 66.9 Å². The lowest BCUT2D eigenvalue weighted by Gasteiger charge is -2.08. The zero-order valence-corrected chi connectivity index (χ0v) is 12.5. The Bertz CT molecular complexity index is 642. The van der Waals surface area contributed by atoms with Crippen molar-refractivity contribution in [3.63, 3.8) is 0 Å². The van der Waals surface area contributed by atoms with Gasteiger partial charge in [-0.1, -0.05) is 18.2 Å². The van der Waals surface area contributed by atoms with Gasteiger partial charge < -0.3 is 10.6 Å². The number of hydrogen-bond acceptors (Lipinski definition) is 4. The molecule has 1 amide bonds. The number of amides is 1. The fourth-order valence-corrected chi connectivity index (χ4v) is 2.77. The first kappa shape index (κ1) is 14.5. The van der Waals surface area contributed by atoms with Crippen molar-refractivity contribution in [3.05, 3.63) is 53.5 Å². The SMILES string of the molecule is O=C(Cc1ccc2c(c1)CCC2)NCCNc1cnccn1. The van der Waals surface area contributed by atoms with Crippen LogP contribution in [0.1, 0.15) is 23.1 Å². The fraction of sp³-hybridized carbons (Fsp3) is 0.353. The third kappa shape index (κ3) is 3.81. The Morgan fingerprint density at radius 1 is 1.14 bits per heavy atom. The van der Waals surface area contributed by atoms with Gasteiger partial charge in [0.05, 0.1) is 12.6 Å². The molecule has 0 fully saturated rings. The predicted octanol–water partition coefficient (Wildman–Crippen LogP) is 1.74. The van der Waals surface area contributed by atoms with Crippen molar-refractivity contribution in [3.8, 4) is 0 Å². The minimum atomic E-state index is 0.0545. The van der Waals surface area contributed by atoms with Gasteiger partial charge in [0, 0.05) is 25.5 Å². The van der Waals surface area contributed by atoms with Crippen LogP contribution in [-0.4, -0.2) is 29.0 Å². The van der Waals surface area contributed by atoms with Gasteiger partial charge in [-0.3, -0.25) is 9.78 Å². The number of carbonyl (C=O) groups excluding carboxylic acids is 1. The average molecular weight is 296 g/mol. The molecule has 0 saturated heterocycles. The van der Waals surface area contributed by atoms with E-state index in [1.165, 1.54) is 24.0 Å². The van der Waals surface area contributed by atoms with Crippen LogP contribution in [0.2, 0.25) is 0 Å². The molecular formula is C17H20N4O. The van der Waals surface area contributed by atoms with Crippen LogP contribution < -0.4 is 10.6 Å². The summed E-state index contributed by atoms with van der Waals surface area (Å²) in [5, 5.41) is 6.03. The lowest BCUT2D eigenvalue weighted by Crippen LogP contribution is -2.30. The van der Waals surface area contributed by atoms with Gasteiger partial charge >= 0.3 is 0 Å². The van der Waals surface area contributed by atoms with E-state index < -0.39 is 0 Å². The quantitative estimate of drug-likeness (QED) is 0.797. The van der Waals surface area contributed by atoms with Gasteiger partial charge in [-0.2, -0.15) is 0 Å². The summed E-state index contributed by atoms with van der Waals surface area (Å²) >= 11 is 0. The highest BCUT2D eigenvalue weighted by Crippen LogP contribution is 2.22. The van der Waals surface area contributed by atoms with Crippen molar-refractivity contribution in [2.75, 3.05) is 18.4 Å². The molecule has 0 unspecified atom stereocenters. The number of anilines is 1. The molecule has 0 aliphatic heterocycles. The Morgan fingerprint density at radius 3 is 2.91 bits per heavy atom. The summed E-state index contributed by atoms with van der Waals surface area (Å²) in [6, 6.07) is 6.42. The number of hydrogen-bond donors (Lipinski definition) is 2. The highest BCUT2D eigenvalue weighted by Gasteiger charge is 2.12. The maximum atomic E-state index is 12.0. The van der Waals surface area contributed by atoms with E-state index in [-0.39, 0.29) is 5.91 Å². The van der Waals surface area contributed by atoms with E-state index in [2.05, 4.69) is 38.8 Å². The molecule has 5 nitrogen and oxygen atoms in total. The van der Waals surface area contributed by atoms with Crippen LogP contribution in [-0.2, 0) is 24.1 Å². The van der Waals surface area contributed by atoms with E-state index in [1.54, 1.807) is 18.6 Å². The van der Waals surface area contributed by atoms with Crippen LogP contribution in [0.15, 0.2) is 36.8 Å². The second-order valence-electron chi connectivity index (χ2n) is 5.50. The lowest BCUT2D eigenvalue weighted by atomic mass is 10.0. The average Bonchev–Trinajstić information content (AvgIpc) is 3.00. The molecule has 1 aromatic heterocycles. The number of benzene rings is 1. The van der Waals surface area contributed by atoms with Crippen molar-refractivity contribution < 1.29 is 4.79 Å². The molecule has 1 aromatic carbocycles. The maximum Gasteiger partial charge on any atom is 0.224 e. The zero-order chi connectivity index (χ0) is 15.2. The molecule has 0 radical (unpaired) electrons. The van der Waals surface area contributed by atoms with Crippen molar-refractivity contribution in [2.45, 2.75) is 25.7 Å². The van der Waals surface area contributed by atoms with E-state index in [1.807, 2.05) is 0 Å². The summed E-state index contributed by atoms with van der Waals surface area (Å²) in [6.45, 7) is 1.20. The molecule has 3 rings (SSSR count). The first-order chi connectivity index (χ1) is 10.8. The molecule has 1 aliphatic rings. The van der Waals surface area contributed by atoms with Crippen LogP contribution in [0.25, 0.3) is 0 Å². The lowest BCUT2D eigenvalue weighted by molar-refractivity contribution is -0.120. The molecule has 0 spiro atoms. The van der Waals surface area contributed by atoms with E-state index in [9.17, 15) is 4.79 Å². The molecule has 2 aromatic rings. The molecule has 0 atom stereocenters. The van der Waals surface area contributed by atoms with Crippen LogP contribution in [0.3, 0.4) is 0 Å². The largest absolute Gasteiger partial charge is 0.367 e. The van der Waals surface area contributed by atoms with Gasteiger partial charge in [-0.05, 0) is 36.0 Å². The molecule has 22 heavy (non-hydrogen) atoms. The number of carbonyl (C=O) groups is 1. The number of aromatic nitrogens is 2. The smallest absolute Gasteiger partial charge is 0.224 e. The van der Waals surface area contributed by atoms with Gasteiger partial charge in [0.15, 0.2) is 0 Å². The fourth-order valence-electron chi connectivity index (χ4n) is 2.77. The molecule has 114 valence electrons. The van der Waals surface area contributed by atoms with Crippen molar-refractivity contribution in [2.24, 2.45) is 0 Å². The van der Waals surface area contributed by atoms with E-state index >= 15 is 0 Å². The summed E-state index contributed by atoms with van der Waals surface area (Å²) < 4.78 is 0. The van der Waals surface area contributed by atoms with E-state index in [4.69, 9.17) is 0 Å². The molecule has 0 saturated carbocycles. The van der Waals surface area contributed by atoms with Crippen molar-refractivity contribution in [1.82, 2.24) is 15.3 Å². The van der Waals surface area contributed by atoms with Gasteiger partial charge in [-0.25, -0.2) is 4.98 Å². The van der Waals surface area contributed by atoms with Crippen molar-refractivity contribution >= 4 is 11.7 Å². The monoisotopic (exact) mass is 296 g/mol. The van der Waals surface area contributed by atoms with Gasteiger partial charge in [0.1, 0.15) is 5.82 Å². The third-order valence-electron chi connectivity index (χ3n) is 3.84. The normalized spacial score (nSPS) is 12.7. The molecule has 5 heteroatoms. The zero-order valence-electron chi connectivity index (χ0n) is 12.5. The number of fused-ring (bicyclic) bond motifs is 1. The molecular weight excluding hydrogens is 276 g/mol. The number of nitrogens with one attached hydrogen (secondary N) is 2. The second-order valence-corrected chi connectivity index (χ2v) is 5.50. The summed E-state index contributed by atoms with van der Waals surface area (Å²) in [4.78, 5) is 20.0. The number of aryl methyl sites for hydroxylation is 2. The Kier molecular flexibility index (Phi) is 4.63. The number of rotatable bonds is 6. The molecule has 0 bridgehead atoms. The first-order valence-corrected chi connectivity index (χ1v) is 7.68. The summed E-state index contributed by atoms with van der Waals surface area (Å²) in [7, 11) is 0. The minimum absolute atomic E-state index is 0.0545. The Labute approximate surface area is 130 Å². The predicted molar refractivity (Wildman–Crippen MR) is 85.7 cm³/mol. The van der Waals surface area contributed by atoms with Gasteiger partial charge in [0.2, 0.25) is 5.91 Å². The minimum Gasteiger partial charge on any atom is -0.367 e. The van der Waals surface area contributed by atoms with Gasteiger partial charge in [0.25, 0.3) is 0 Å². The molecule has 2 N–H and O–H groups in total. The number of nitrogens with zero attached hydrogens (tertiary/aromatic N) is 2. The molecule has 1 heterocycles. The maximum absolute atomic E-state index is 12.0.